The van der Waals surface area contributed by atoms with Gasteiger partial charge >= 0.3 is 0 Å². The molecule has 5 nitrogen and oxygen atoms in total. The molecule has 0 spiro atoms. The molecule has 2 atom stereocenters. The monoisotopic (exact) mass is 250 g/mol. The summed E-state index contributed by atoms with van der Waals surface area (Å²) in [5.74, 6) is 2.35. The second kappa shape index (κ2) is 4.74. The number of hydrogen-bond donors (Lipinski definition) is 1. The SMILES string of the molecule is COCc1ccc(C(=O)N2C[C@H]3CNC[C@H]3C2)o1. The molecular formula is C13H18N2O3. The second-order valence-electron chi connectivity index (χ2n) is 5.09. The Morgan fingerprint density at radius 2 is 2.17 bits per heavy atom. The predicted molar refractivity (Wildman–Crippen MR) is 65.2 cm³/mol. The van der Waals surface area contributed by atoms with Gasteiger partial charge in [-0.05, 0) is 24.0 Å². The molecule has 1 aromatic heterocycles. The van der Waals surface area contributed by atoms with E-state index in [0.29, 0.717) is 30.0 Å². The maximum Gasteiger partial charge on any atom is 0.289 e. The van der Waals surface area contributed by atoms with Gasteiger partial charge in [-0.2, -0.15) is 0 Å². The fraction of sp³-hybridized carbons (Fsp3) is 0.615. The Hall–Kier alpha value is -1.33. The summed E-state index contributed by atoms with van der Waals surface area (Å²) in [6, 6.07) is 3.54. The highest BCUT2D eigenvalue weighted by molar-refractivity contribution is 5.91. The van der Waals surface area contributed by atoms with Gasteiger partial charge in [0.15, 0.2) is 5.76 Å². The zero-order valence-electron chi connectivity index (χ0n) is 10.5. The van der Waals surface area contributed by atoms with Crippen LogP contribution in [0.25, 0.3) is 0 Å². The molecule has 3 rings (SSSR count). The summed E-state index contributed by atoms with van der Waals surface area (Å²) >= 11 is 0. The number of hydrogen-bond acceptors (Lipinski definition) is 4. The Morgan fingerprint density at radius 3 is 2.83 bits per heavy atom. The van der Waals surface area contributed by atoms with Crippen LogP contribution in [0.15, 0.2) is 16.5 Å². The molecule has 2 aliphatic rings. The van der Waals surface area contributed by atoms with Crippen LogP contribution in [0.2, 0.25) is 0 Å². The third kappa shape index (κ3) is 2.04. The Balaban J connectivity index is 1.67. The van der Waals surface area contributed by atoms with Gasteiger partial charge in [-0.15, -0.1) is 0 Å². The lowest BCUT2D eigenvalue weighted by Gasteiger charge is -2.15. The molecule has 0 aliphatic carbocycles. The Kier molecular flexibility index (Phi) is 3.09. The summed E-state index contributed by atoms with van der Waals surface area (Å²) in [4.78, 5) is 14.2. The second-order valence-corrected chi connectivity index (χ2v) is 5.09. The van der Waals surface area contributed by atoms with Crippen molar-refractivity contribution in [3.63, 3.8) is 0 Å². The van der Waals surface area contributed by atoms with Crippen LogP contribution in [-0.2, 0) is 11.3 Å². The van der Waals surface area contributed by atoms with E-state index in [1.54, 1.807) is 19.2 Å². The van der Waals surface area contributed by atoms with Gasteiger partial charge in [0.1, 0.15) is 12.4 Å². The quantitative estimate of drug-likeness (QED) is 0.858. The zero-order chi connectivity index (χ0) is 12.5. The number of nitrogens with zero attached hydrogens (tertiary/aromatic N) is 1. The van der Waals surface area contributed by atoms with Crippen molar-refractivity contribution in [3.8, 4) is 0 Å². The lowest BCUT2D eigenvalue weighted by atomic mass is 10.0. The summed E-state index contributed by atoms with van der Waals surface area (Å²) in [6.45, 7) is 4.15. The number of carbonyl (C=O) groups is 1. The molecule has 3 heterocycles. The summed E-state index contributed by atoms with van der Waals surface area (Å²) in [5, 5.41) is 3.37. The van der Waals surface area contributed by atoms with E-state index in [0.717, 1.165) is 26.2 Å². The van der Waals surface area contributed by atoms with E-state index < -0.39 is 0 Å². The highest BCUT2D eigenvalue weighted by Crippen LogP contribution is 2.27. The molecule has 98 valence electrons. The first-order valence-electron chi connectivity index (χ1n) is 6.35. The molecule has 0 bridgehead atoms. The molecule has 1 amide bonds. The number of nitrogens with one attached hydrogen (secondary N) is 1. The van der Waals surface area contributed by atoms with E-state index in [9.17, 15) is 4.79 Å². The summed E-state index contributed by atoms with van der Waals surface area (Å²) in [7, 11) is 1.61. The predicted octanol–water partition coefficient (Wildman–Crippen LogP) is 0.717. The molecule has 18 heavy (non-hydrogen) atoms. The molecule has 0 aromatic carbocycles. The summed E-state index contributed by atoms with van der Waals surface area (Å²) in [5.41, 5.74) is 0. The van der Waals surface area contributed by atoms with E-state index >= 15 is 0 Å². The number of fused-ring (bicyclic) bond motifs is 1. The molecule has 0 radical (unpaired) electrons. The third-order valence-corrected chi connectivity index (χ3v) is 3.84. The Labute approximate surface area is 106 Å². The average molecular weight is 250 g/mol. The lowest BCUT2D eigenvalue weighted by molar-refractivity contribution is 0.0742. The van der Waals surface area contributed by atoms with Gasteiger partial charge in [0.05, 0.1) is 0 Å². The minimum atomic E-state index is 0.00625. The molecule has 0 saturated carbocycles. The van der Waals surface area contributed by atoms with Crippen molar-refractivity contribution in [1.82, 2.24) is 10.2 Å². The van der Waals surface area contributed by atoms with Gasteiger partial charge in [0.25, 0.3) is 5.91 Å². The van der Waals surface area contributed by atoms with Crippen LogP contribution in [0.5, 0.6) is 0 Å². The number of rotatable bonds is 3. The number of furan rings is 1. The van der Waals surface area contributed by atoms with Crippen molar-refractivity contribution in [3.05, 3.63) is 23.7 Å². The van der Waals surface area contributed by atoms with E-state index in [2.05, 4.69) is 5.32 Å². The Morgan fingerprint density at radius 1 is 1.44 bits per heavy atom. The highest BCUT2D eigenvalue weighted by atomic mass is 16.5. The van der Waals surface area contributed by atoms with Crippen molar-refractivity contribution < 1.29 is 13.9 Å². The molecule has 0 unspecified atom stereocenters. The van der Waals surface area contributed by atoms with Gasteiger partial charge in [-0.1, -0.05) is 0 Å². The van der Waals surface area contributed by atoms with Crippen LogP contribution in [0.3, 0.4) is 0 Å². The standard InChI is InChI=1S/C13H18N2O3/c1-17-8-11-2-3-12(18-11)13(16)15-6-9-4-14-5-10(9)7-15/h2-3,9-10,14H,4-8H2,1H3/t9-,10+. The van der Waals surface area contributed by atoms with E-state index in [4.69, 9.17) is 9.15 Å². The van der Waals surface area contributed by atoms with Crippen molar-refractivity contribution in [2.45, 2.75) is 6.61 Å². The molecule has 2 fully saturated rings. The minimum Gasteiger partial charge on any atom is -0.453 e. The normalized spacial score (nSPS) is 26.6. The van der Waals surface area contributed by atoms with Crippen molar-refractivity contribution in [2.24, 2.45) is 11.8 Å². The van der Waals surface area contributed by atoms with Crippen LogP contribution >= 0.6 is 0 Å². The first-order valence-corrected chi connectivity index (χ1v) is 6.35. The smallest absolute Gasteiger partial charge is 0.289 e. The van der Waals surface area contributed by atoms with Gasteiger partial charge < -0.3 is 19.4 Å². The molecule has 1 aromatic rings. The topological polar surface area (TPSA) is 54.7 Å². The number of amides is 1. The highest BCUT2D eigenvalue weighted by Gasteiger charge is 2.38. The number of carbonyl (C=O) groups excluding carboxylic acids is 1. The van der Waals surface area contributed by atoms with Crippen LogP contribution in [0, 0.1) is 11.8 Å². The fourth-order valence-electron chi connectivity index (χ4n) is 2.89. The molecular weight excluding hydrogens is 232 g/mol. The minimum absolute atomic E-state index is 0.00625. The van der Waals surface area contributed by atoms with E-state index in [1.165, 1.54) is 0 Å². The number of ether oxygens (including phenoxy) is 1. The maximum atomic E-state index is 12.3. The van der Waals surface area contributed by atoms with E-state index in [-0.39, 0.29) is 5.91 Å². The summed E-state index contributed by atoms with van der Waals surface area (Å²) < 4.78 is 10.5. The first kappa shape index (κ1) is 11.7. The zero-order valence-corrected chi connectivity index (χ0v) is 10.5. The van der Waals surface area contributed by atoms with Crippen molar-refractivity contribution >= 4 is 5.91 Å². The first-order chi connectivity index (χ1) is 8.78. The Bertz CT molecular complexity index is 431. The van der Waals surface area contributed by atoms with Gasteiger partial charge in [0, 0.05) is 33.3 Å². The summed E-state index contributed by atoms with van der Waals surface area (Å²) in [6.07, 6.45) is 0. The van der Waals surface area contributed by atoms with Crippen LogP contribution in [0.1, 0.15) is 16.3 Å². The van der Waals surface area contributed by atoms with Gasteiger partial charge in [-0.25, -0.2) is 0 Å². The fourth-order valence-corrected chi connectivity index (χ4v) is 2.89. The number of methoxy groups -OCH3 is 1. The number of likely N-dealkylation sites (tertiary alicyclic amines) is 1. The van der Waals surface area contributed by atoms with Gasteiger partial charge in [0.2, 0.25) is 0 Å². The largest absolute Gasteiger partial charge is 0.453 e. The van der Waals surface area contributed by atoms with Crippen molar-refractivity contribution in [1.29, 1.82) is 0 Å². The van der Waals surface area contributed by atoms with Crippen LogP contribution < -0.4 is 5.32 Å². The maximum absolute atomic E-state index is 12.3. The molecule has 2 aliphatic heterocycles. The third-order valence-electron chi connectivity index (χ3n) is 3.84. The molecule has 1 N–H and O–H groups in total. The average Bonchev–Trinajstić information content (AvgIpc) is 3.02. The lowest BCUT2D eigenvalue weighted by Crippen LogP contribution is -2.31. The molecule has 5 heteroatoms. The van der Waals surface area contributed by atoms with E-state index in [1.807, 2.05) is 4.90 Å². The van der Waals surface area contributed by atoms with Crippen LogP contribution in [0.4, 0.5) is 0 Å². The molecule has 2 saturated heterocycles. The van der Waals surface area contributed by atoms with Gasteiger partial charge in [-0.3, -0.25) is 4.79 Å². The van der Waals surface area contributed by atoms with Crippen LogP contribution in [-0.4, -0.2) is 44.1 Å². The van der Waals surface area contributed by atoms with Crippen molar-refractivity contribution in [2.75, 3.05) is 33.3 Å².